The van der Waals surface area contributed by atoms with Crippen molar-refractivity contribution in [3.63, 3.8) is 0 Å². The van der Waals surface area contributed by atoms with Crippen molar-refractivity contribution in [3.05, 3.63) is 106 Å². The summed E-state index contributed by atoms with van der Waals surface area (Å²) in [5.41, 5.74) is 2.97. The second-order valence-electron chi connectivity index (χ2n) is 9.95. The van der Waals surface area contributed by atoms with Gasteiger partial charge in [0.2, 0.25) is 0 Å². The molecule has 0 saturated heterocycles. The minimum atomic E-state index is 0.533. The van der Waals surface area contributed by atoms with Crippen LogP contribution < -0.4 is 10.9 Å². The molecular formula is C32H28B2Br2. The van der Waals surface area contributed by atoms with E-state index in [1.54, 1.807) is 0 Å². The van der Waals surface area contributed by atoms with Gasteiger partial charge in [-0.1, -0.05) is 135 Å². The summed E-state index contributed by atoms with van der Waals surface area (Å²) in [5, 5.41) is 10.7. The molecule has 0 saturated carbocycles. The molecule has 6 aromatic carbocycles. The van der Waals surface area contributed by atoms with Gasteiger partial charge < -0.3 is 0 Å². The predicted molar refractivity (Wildman–Crippen MR) is 173 cm³/mol. The Balaban J connectivity index is 0.000000152. The van der Waals surface area contributed by atoms with Crippen molar-refractivity contribution in [2.75, 3.05) is 0 Å². The van der Waals surface area contributed by atoms with Crippen LogP contribution in [0, 0.1) is 0 Å². The summed E-state index contributed by atoms with van der Waals surface area (Å²) in [7, 11) is 0. The highest BCUT2D eigenvalue weighted by Gasteiger charge is 2.19. The lowest BCUT2D eigenvalue weighted by atomic mass is 9.44. The van der Waals surface area contributed by atoms with Crippen LogP contribution in [0.15, 0.2) is 106 Å². The third-order valence-corrected chi connectivity index (χ3v) is 8.68. The average molecular weight is 594 g/mol. The Labute approximate surface area is 231 Å². The number of fused-ring (bicyclic) bond motifs is 4. The van der Waals surface area contributed by atoms with Crippen molar-refractivity contribution in [2.45, 2.75) is 27.3 Å². The quantitative estimate of drug-likeness (QED) is 0.139. The number of hydrogen-bond acceptors (Lipinski definition) is 0. The van der Waals surface area contributed by atoms with Crippen LogP contribution in [-0.2, 0) is 0 Å². The smallest absolute Gasteiger partial charge is 0.0819 e. The summed E-state index contributed by atoms with van der Waals surface area (Å²) in [6.07, 6.45) is 0. The van der Waals surface area contributed by atoms with Gasteiger partial charge in [0.15, 0.2) is 13.4 Å². The van der Waals surface area contributed by atoms with Crippen LogP contribution in [0.5, 0.6) is 0 Å². The van der Waals surface area contributed by atoms with E-state index in [2.05, 4.69) is 156 Å². The van der Waals surface area contributed by atoms with Crippen LogP contribution in [0.2, 0.25) is 27.3 Å². The fourth-order valence-electron chi connectivity index (χ4n) is 5.46. The summed E-state index contributed by atoms with van der Waals surface area (Å²) in [4.78, 5) is 0. The van der Waals surface area contributed by atoms with Crippen molar-refractivity contribution in [3.8, 4) is 0 Å². The first kappa shape index (κ1) is 25.1. The lowest BCUT2D eigenvalue weighted by Crippen LogP contribution is -2.32. The van der Waals surface area contributed by atoms with Gasteiger partial charge in [0.25, 0.3) is 0 Å². The number of benzene rings is 6. The number of halogens is 2. The molecule has 0 radical (unpaired) electrons. The summed E-state index contributed by atoms with van der Waals surface area (Å²) >= 11 is 7.39. The molecule has 0 aliphatic carbocycles. The summed E-state index contributed by atoms with van der Waals surface area (Å²) in [6.45, 7) is 10.2. The van der Waals surface area contributed by atoms with Crippen molar-refractivity contribution in [1.29, 1.82) is 0 Å². The van der Waals surface area contributed by atoms with E-state index in [0.717, 1.165) is 0 Å². The van der Waals surface area contributed by atoms with E-state index in [-0.39, 0.29) is 0 Å². The van der Waals surface area contributed by atoms with Crippen LogP contribution in [0.25, 0.3) is 43.1 Å². The molecule has 6 rings (SSSR count). The predicted octanol–water partition coefficient (Wildman–Crippen LogP) is 9.43. The van der Waals surface area contributed by atoms with E-state index in [4.69, 9.17) is 0 Å². The Hall–Kier alpha value is -2.55. The van der Waals surface area contributed by atoms with Gasteiger partial charge in [0, 0.05) is 8.95 Å². The molecule has 0 spiro atoms. The third-order valence-electron chi connectivity index (χ3n) is 6.97. The fourth-order valence-corrected chi connectivity index (χ4v) is 6.84. The van der Waals surface area contributed by atoms with Gasteiger partial charge in [-0.2, -0.15) is 0 Å². The van der Waals surface area contributed by atoms with Gasteiger partial charge in [-0.3, -0.25) is 0 Å². The maximum absolute atomic E-state index is 3.70. The lowest BCUT2D eigenvalue weighted by molar-refractivity contribution is 1.72. The number of rotatable bonds is 2. The lowest BCUT2D eigenvalue weighted by Gasteiger charge is -2.19. The van der Waals surface area contributed by atoms with Gasteiger partial charge in [0.1, 0.15) is 0 Å². The van der Waals surface area contributed by atoms with Gasteiger partial charge in [-0.25, -0.2) is 0 Å². The molecular weight excluding hydrogens is 566 g/mol. The molecule has 0 fully saturated rings. The standard InChI is InChI=1S/C18H20B2.C14H8Br2/c1-19(2)17-13-9-5-7-11-15(13)18(20(3)4)16-12-8-6-10-14(16)17;15-13-9-5-1-2-6-10(9)14(16)12-8-4-3-7-11(12)13/h5-12H,1-4H3;1-8H. The summed E-state index contributed by atoms with van der Waals surface area (Å²) in [6, 6.07) is 34.6. The average Bonchev–Trinajstić information content (AvgIpc) is 2.90. The molecule has 0 aliphatic rings. The van der Waals surface area contributed by atoms with Crippen molar-refractivity contribution < 1.29 is 0 Å². The second-order valence-corrected chi connectivity index (χ2v) is 11.5. The topological polar surface area (TPSA) is 0 Å². The van der Waals surface area contributed by atoms with Gasteiger partial charge in [-0.15, -0.1) is 0 Å². The monoisotopic (exact) mass is 592 g/mol. The van der Waals surface area contributed by atoms with Crippen LogP contribution >= 0.6 is 31.9 Å². The first-order valence-corrected chi connectivity index (χ1v) is 14.2. The van der Waals surface area contributed by atoms with E-state index >= 15 is 0 Å². The molecule has 0 aliphatic heterocycles. The maximum atomic E-state index is 3.70. The van der Waals surface area contributed by atoms with E-state index < -0.39 is 0 Å². The third kappa shape index (κ3) is 4.40. The van der Waals surface area contributed by atoms with Gasteiger partial charge >= 0.3 is 0 Å². The van der Waals surface area contributed by atoms with Crippen LogP contribution in [-0.4, -0.2) is 13.4 Å². The molecule has 0 unspecified atom stereocenters. The van der Waals surface area contributed by atoms with E-state index in [1.165, 1.54) is 63.0 Å². The highest BCUT2D eigenvalue weighted by Crippen LogP contribution is 2.38. The highest BCUT2D eigenvalue weighted by atomic mass is 79.9. The minimum absolute atomic E-state index is 0.533. The van der Waals surface area contributed by atoms with Crippen molar-refractivity contribution in [1.82, 2.24) is 0 Å². The minimum Gasteiger partial charge on any atom is -0.0819 e. The highest BCUT2D eigenvalue weighted by molar-refractivity contribution is 9.11. The maximum Gasteiger partial charge on any atom is 0.171 e. The Morgan fingerprint density at radius 1 is 0.361 bits per heavy atom. The molecule has 0 amide bonds. The molecule has 0 heterocycles. The fraction of sp³-hybridized carbons (Fsp3) is 0.125. The Morgan fingerprint density at radius 3 is 0.750 bits per heavy atom. The van der Waals surface area contributed by atoms with E-state index in [1.807, 2.05) is 0 Å². The zero-order valence-electron chi connectivity index (χ0n) is 21.1. The first-order valence-electron chi connectivity index (χ1n) is 12.6. The molecule has 36 heavy (non-hydrogen) atoms. The molecule has 0 N–H and O–H groups in total. The van der Waals surface area contributed by atoms with Gasteiger partial charge in [-0.05, 0) is 74.9 Å². The second kappa shape index (κ2) is 10.4. The Bertz CT molecular complexity index is 1480. The summed E-state index contributed by atoms with van der Waals surface area (Å²) in [5.74, 6) is 0. The van der Waals surface area contributed by atoms with E-state index in [9.17, 15) is 0 Å². The molecule has 0 atom stereocenters. The normalized spacial score (nSPS) is 11.1. The van der Waals surface area contributed by atoms with Gasteiger partial charge in [0.05, 0.1) is 0 Å². The Kier molecular flexibility index (Phi) is 7.28. The molecule has 6 aromatic rings. The number of hydrogen-bond donors (Lipinski definition) is 0. The van der Waals surface area contributed by atoms with Crippen LogP contribution in [0.3, 0.4) is 0 Å². The zero-order chi connectivity index (χ0) is 25.4. The summed E-state index contributed by atoms with van der Waals surface area (Å²) < 4.78 is 2.34. The van der Waals surface area contributed by atoms with Crippen LogP contribution in [0.4, 0.5) is 0 Å². The first-order chi connectivity index (χ1) is 17.4. The van der Waals surface area contributed by atoms with Crippen molar-refractivity contribution in [2.24, 2.45) is 0 Å². The van der Waals surface area contributed by atoms with E-state index in [0.29, 0.717) is 13.4 Å². The largest absolute Gasteiger partial charge is 0.171 e. The molecule has 176 valence electrons. The Morgan fingerprint density at radius 2 is 0.556 bits per heavy atom. The molecule has 0 bridgehead atoms. The molecule has 0 nitrogen and oxygen atoms in total. The van der Waals surface area contributed by atoms with Crippen LogP contribution in [0.1, 0.15) is 0 Å². The SMILES string of the molecule is Brc1c2ccccc2c(Br)c2ccccc12.CB(C)c1c2ccccc2c(B(C)C)c2ccccc12. The zero-order valence-corrected chi connectivity index (χ0v) is 24.3. The molecule has 4 heteroatoms. The molecule has 0 aromatic heterocycles. The van der Waals surface area contributed by atoms with Crippen molar-refractivity contribution >= 4 is 99.3 Å².